The second kappa shape index (κ2) is 6.96. The topological polar surface area (TPSA) is 59.0 Å². The molecule has 3 rings (SSSR count). The van der Waals surface area contributed by atoms with E-state index in [1.165, 1.54) is 0 Å². The van der Waals surface area contributed by atoms with Crippen LogP contribution in [0, 0.1) is 6.92 Å². The molecule has 0 bridgehead atoms. The zero-order valence-corrected chi connectivity index (χ0v) is 15.5. The molecule has 1 aromatic rings. The third-order valence-corrected chi connectivity index (χ3v) is 5.91. The van der Waals surface area contributed by atoms with Crippen molar-refractivity contribution in [3.05, 3.63) is 29.3 Å². The zero-order valence-electron chi connectivity index (χ0n) is 15.5. The lowest BCUT2D eigenvalue weighted by Gasteiger charge is -2.49. The van der Waals surface area contributed by atoms with Crippen LogP contribution in [0.1, 0.15) is 54.9 Å². The number of amides is 1. The van der Waals surface area contributed by atoms with Crippen LogP contribution in [0.3, 0.4) is 0 Å². The van der Waals surface area contributed by atoms with E-state index in [-0.39, 0.29) is 11.5 Å². The number of carbonyl (C=O) groups is 1. The number of rotatable bonds is 3. The van der Waals surface area contributed by atoms with Crippen molar-refractivity contribution in [1.29, 1.82) is 0 Å². The molecule has 0 saturated carbocycles. The molecule has 2 aliphatic heterocycles. The minimum atomic E-state index is -0.614. The SMILES string of the molecule is CCC1(O)CCOC2(CCN(C(=O)c3ccc(OC)cc3C)CC2)C1. The van der Waals surface area contributed by atoms with Crippen LogP contribution < -0.4 is 4.74 Å². The Balaban J connectivity index is 1.67. The Labute approximate surface area is 149 Å². The second-order valence-electron chi connectivity index (χ2n) is 7.51. The van der Waals surface area contributed by atoms with Gasteiger partial charge in [0.2, 0.25) is 0 Å². The van der Waals surface area contributed by atoms with Crippen LogP contribution in [0.15, 0.2) is 18.2 Å². The molecule has 2 fully saturated rings. The van der Waals surface area contributed by atoms with Crippen molar-refractivity contribution in [3.8, 4) is 5.75 Å². The quantitative estimate of drug-likeness (QED) is 0.913. The van der Waals surface area contributed by atoms with Crippen LogP contribution in [-0.4, -0.2) is 53.9 Å². The molecule has 1 amide bonds. The van der Waals surface area contributed by atoms with Gasteiger partial charge in [-0.15, -0.1) is 0 Å². The normalized spacial score (nSPS) is 25.8. The third kappa shape index (κ3) is 3.67. The Kier molecular flexibility index (Phi) is 5.07. The predicted molar refractivity (Wildman–Crippen MR) is 96.0 cm³/mol. The van der Waals surface area contributed by atoms with Gasteiger partial charge < -0.3 is 19.5 Å². The van der Waals surface area contributed by atoms with Crippen molar-refractivity contribution in [1.82, 2.24) is 4.90 Å². The van der Waals surface area contributed by atoms with Crippen LogP contribution in [0.2, 0.25) is 0 Å². The number of benzene rings is 1. The fourth-order valence-corrected chi connectivity index (χ4v) is 4.11. The number of ether oxygens (including phenoxy) is 2. The second-order valence-corrected chi connectivity index (χ2v) is 7.51. The van der Waals surface area contributed by atoms with Crippen molar-refractivity contribution in [2.24, 2.45) is 0 Å². The third-order valence-electron chi connectivity index (χ3n) is 5.91. The molecule has 1 atom stereocenters. The average molecular weight is 347 g/mol. The summed E-state index contributed by atoms with van der Waals surface area (Å²) in [5.74, 6) is 0.831. The summed E-state index contributed by atoms with van der Waals surface area (Å²) in [4.78, 5) is 14.8. The van der Waals surface area contributed by atoms with Crippen LogP contribution in [0.5, 0.6) is 5.75 Å². The summed E-state index contributed by atoms with van der Waals surface area (Å²) < 4.78 is 11.3. The van der Waals surface area contributed by atoms with Crippen molar-refractivity contribution in [2.45, 2.75) is 57.2 Å². The molecule has 1 N–H and O–H groups in total. The molecular weight excluding hydrogens is 318 g/mol. The van der Waals surface area contributed by atoms with Crippen LogP contribution >= 0.6 is 0 Å². The predicted octanol–water partition coefficient (Wildman–Crippen LogP) is 2.93. The fraction of sp³-hybridized carbons (Fsp3) is 0.650. The first-order chi connectivity index (χ1) is 11.9. The standard InChI is InChI=1S/C20H29NO4/c1-4-19(23)9-12-25-20(14-19)7-10-21(11-8-20)18(22)17-6-5-16(24-3)13-15(17)2/h5-6,13,23H,4,7-12,14H2,1-3H3. The van der Waals surface area contributed by atoms with Crippen molar-refractivity contribution in [2.75, 3.05) is 26.8 Å². The lowest BCUT2D eigenvalue weighted by atomic mass is 9.76. The fourth-order valence-electron chi connectivity index (χ4n) is 4.11. The van der Waals surface area contributed by atoms with E-state index in [0.29, 0.717) is 32.5 Å². The Hall–Kier alpha value is -1.59. The summed E-state index contributed by atoms with van der Waals surface area (Å²) in [6.45, 7) is 5.92. The van der Waals surface area contributed by atoms with E-state index in [1.807, 2.05) is 36.9 Å². The molecular formula is C20H29NO4. The molecule has 0 aromatic heterocycles. The molecule has 0 radical (unpaired) electrons. The molecule has 1 unspecified atom stereocenters. The van der Waals surface area contributed by atoms with Gasteiger partial charge in [-0.1, -0.05) is 6.92 Å². The maximum atomic E-state index is 12.9. The number of aryl methyl sites for hydroxylation is 1. The summed E-state index contributed by atoms with van der Waals surface area (Å²) in [5, 5.41) is 10.7. The number of aliphatic hydroxyl groups is 1. The molecule has 2 saturated heterocycles. The van der Waals surface area contributed by atoms with E-state index in [0.717, 1.165) is 36.1 Å². The lowest BCUT2D eigenvalue weighted by Crippen LogP contribution is -2.55. The maximum absolute atomic E-state index is 12.9. The molecule has 5 heteroatoms. The molecule has 2 aliphatic rings. The van der Waals surface area contributed by atoms with Crippen LogP contribution in [0.25, 0.3) is 0 Å². The van der Waals surface area contributed by atoms with Crippen molar-refractivity contribution < 1.29 is 19.4 Å². The molecule has 138 valence electrons. The van der Waals surface area contributed by atoms with E-state index in [2.05, 4.69) is 0 Å². The van der Waals surface area contributed by atoms with Crippen molar-refractivity contribution in [3.63, 3.8) is 0 Å². The molecule has 2 heterocycles. The number of methoxy groups -OCH3 is 1. The summed E-state index contributed by atoms with van der Waals surface area (Å²) in [6.07, 6.45) is 3.72. The van der Waals surface area contributed by atoms with Gasteiger partial charge in [0.15, 0.2) is 0 Å². The van der Waals surface area contributed by atoms with Gasteiger partial charge in [0.1, 0.15) is 5.75 Å². The zero-order chi connectivity index (χ0) is 18.1. The number of hydrogen-bond donors (Lipinski definition) is 1. The summed E-state index contributed by atoms with van der Waals surface area (Å²) in [6, 6.07) is 5.56. The highest BCUT2D eigenvalue weighted by Crippen LogP contribution is 2.41. The largest absolute Gasteiger partial charge is 0.497 e. The van der Waals surface area contributed by atoms with Gasteiger partial charge in [-0.2, -0.15) is 0 Å². The molecule has 25 heavy (non-hydrogen) atoms. The number of carbonyl (C=O) groups excluding carboxylic acids is 1. The maximum Gasteiger partial charge on any atom is 0.254 e. The molecule has 5 nitrogen and oxygen atoms in total. The van der Waals surface area contributed by atoms with Crippen LogP contribution in [0.4, 0.5) is 0 Å². The monoisotopic (exact) mass is 347 g/mol. The number of hydrogen-bond acceptors (Lipinski definition) is 4. The van der Waals surface area contributed by atoms with E-state index in [9.17, 15) is 9.90 Å². The summed E-state index contributed by atoms with van der Waals surface area (Å²) >= 11 is 0. The summed E-state index contributed by atoms with van der Waals surface area (Å²) in [7, 11) is 1.63. The van der Waals surface area contributed by atoms with Gasteiger partial charge in [0, 0.05) is 25.1 Å². The Bertz CT molecular complexity index is 637. The Morgan fingerprint density at radius 2 is 2.04 bits per heavy atom. The first-order valence-corrected chi connectivity index (χ1v) is 9.21. The number of piperidine rings is 1. The van der Waals surface area contributed by atoms with Gasteiger partial charge in [-0.05, 0) is 56.4 Å². The van der Waals surface area contributed by atoms with Gasteiger partial charge in [0.05, 0.1) is 24.9 Å². The lowest BCUT2D eigenvalue weighted by molar-refractivity contribution is -0.176. The smallest absolute Gasteiger partial charge is 0.254 e. The minimum absolute atomic E-state index is 0.0663. The Morgan fingerprint density at radius 3 is 2.64 bits per heavy atom. The van der Waals surface area contributed by atoms with Gasteiger partial charge in [-0.3, -0.25) is 4.79 Å². The van der Waals surface area contributed by atoms with E-state index in [4.69, 9.17) is 9.47 Å². The van der Waals surface area contributed by atoms with Gasteiger partial charge >= 0.3 is 0 Å². The van der Waals surface area contributed by atoms with E-state index >= 15 is 0 Å². The average Bonchev–Trinajstić information content (AvgIpc) is 2.61. The van der Waals surface area contributed by atoms with Crippen molar-refractivity contribution >= 4 is 5.91 Å². The molecule has 1 aromatic carbocycles. The minimum Gasteiger partial charge on any atom is -0.497 e. The van der Waals surface area contributed by atoms with E-state index in [1.54, 1.807) is 7.11 Å². The highest BCUT2D eigenvalue weighted by molar-refractivity contribution is 5.95. The van der Waals surface area contributed by atoms with Gasteiger partial charge in [0.25, 0.3) is 5.91 Å². The van der Waals surface area contributed by atoms with Crippen LogP contribution in [-0.2, 0) is 4.74 Å². The molecule has 0 aliphatic carbocycles. The van der Waals surface area contributed by atoms with Gasteiger partial charge in [-0.25, -0.2) is 0 Å². The highest BCUT2D eigenvalue weighted by atomic mass is 16.5. The first-order valence-electron chi connectivity index (χ1n) is 9.21. The number of likely N-dealkylation sites (tertiary alicyclic amines) is 1. The Morgan fingerprint density at radius 1 is 1.32 bits per heavy atom. The highest BCUT2D eigenvalue weighted by Gasteiger charge is 2.46. The van der Waals surface area contributed by atoms with E-state index < -0.39 is 5.60 Å². The number of nitrogens with zero attached hydrogens (tertiary/aromatic N) is 1. The first kappa shape index (κ1) is 18.2. The molecule has 1 spiro atoms. The summed E-state index contributed by atoms with van der Waals surface area (Å²) in [5.41, 5.74) is 0.774.